The molecule has 1 amide bonds. The summed E-state index contributed by atoms with van der Waals surface area (Å²) in [7, 11) is -4.46. The molecule has 8 heteroatoms. The lowest BCUT2D eigenvalue weighted by Crippen LogP contribution is -2.50. The van der Waals surface area contributed by atoms with Crippen LogP contribution in [0.3, 0.4) is 0 Å². The number of aliphatic hydroxyl groups excluding tert-OH is 2. The molecule has 0 aliphatic rings. The fraction of sp³-hybridized carbons (Fsp3) is 0.800. The predicted octanol–water partition coefficient (Wildman–Crippen LogP) is 12.0. The monoisotopic (exact) mass is 766 g/mol. The molecule has 0 heterocycles. The van der Waals surface area contributed by atoms with Gasteiger partial charge in [0.25, 0.3) is 10.1 Å². The van der Waals surface area contributed by atoms with Crippen molar-refractivity contribution in [1.82, 2.24) is 5.32 Å². The summed E-state index contributed by atoms with van der Waals surface area (Å²) >= 11 is 0. The van der Waals surface area contributed by atoms with Crippen molar-refractivity contribution in [2.75, 3.05) is 5.75 Å². The lowest BCUT2D eigenvalue weighted by Gasteiger charge is -2.22. The summed E-state index contributed by atoms with van der Waals surface area (Å²) < 4.78 is 32.6. The Labute approximate surface area is 327 Å². The minimum atomic E-state index is -4.46. The molecule has 3 unspecified atom stereocenters. The first-order chi connectivity index (χ1) is 25.7. The van der Waals surface area contributed by atoms with Gasteiger partial charge in [-0.25, -0.2) is 0 Å². The molecule has 0 aromatic carbocycles. The Kier molecular flexibility index (Phi) is 37.3. The number of amides is 1. The van der Waals surface area contributed by atoms with Gasteiger partial charge in [0.1, 0.15) is 6.10 Å². The highest BCUT2D eigenvalue weighted by molar-refractivity contribution is 7.85. The zero-order valence-corrected chi connectivity index (χ0v) is 35.1. The van der Waals surface area contributed by atoms with Gasteiger partial charge in [-0.2, -0.15) is 8.42 Å². The van der Waals surface area contributed by atoms with Gasteiger partial charge < -0.3 is 15.5 Å². The van der Waals surface area contributed by atoms with Crippen LogP contribution in [0, 0.1) is 0 Å². The average Bonchev–Trinajstić information content (AvgIpc) is 3.12. The summed E-state index contributed by atoms with van der Waals surface area (Å²) in [5.74, 6) is -1.57. The van der Waals surface area contributed by atoms with Crippen molar-refractivity contribution in [1.29, 1.82) is 0 Å². The van der Waals surface area contributed by atoms with E-state index in [0.29, 0.717) is 12.8 Å². The molecule has 0 aromatic rings. The van der Waals surface area contributed by atoms with Crippen LogP contribution in [0.2, 0.25) is 0 Å². The van der Waals surface area contributed by atoms with Crippen molar-refractivity contribution >= 4 is 16.0 Å². The van der Waals surface area contributed by atoms with Crippen LogP contribution in [-0.2, 0) is 14.9 Å². The third kappa shape index (κ3) is 38.3. The number of rotatable bonds is 39. The SMILES string of the molecule is CCCCC/C=C\C/C=C\CCCCCCCCC(O)C(=O)NC(CS(=O)(=O)O)C(O)/C=C/CC/C=C/CCCCCCCCCCCCCCCC. The Balaban J connectivity index is 4.07. The van der Waals surface area contributed by atoms with E-state index in [0.717, 1.165) is 57.8 Å². The topological polar surface area (TPSA) is 124 Å². The van der Waals surface area contributed by atoms with Crippen LogP contribution in [0.1, 0.15) is 206 Å². The standard InChI is InChI=1S/C45H83NO6S/c1-3-5-7-9-11-13-15-17-19-21-22-23-24-26-27-29-31-33-35-37-39-43(47)42(41-53(50,51)52)46-45(49)44(48)40-38-36-34-32-30-28-25-20-18-16-14-12-10-8-6-4-2/h12,14,18,20,29,31,37,39,42-44,47-48H,3-11,13,15-17,19,21-28,30,32-36,38,40-41H2,1-2H3,(H,46,49)(H,50,51,52)/b14-12-,20-18-,31-29+,39-37+. The lowest BCUT2D eigenvalue weighted by molar-refractivity contribution is -0.130. The van der Waals surface area contributed by atoms with Crippen LogP contribution < -0.4 is 5.32 Å². The molecule has 4 N–H and O–H groups in total. The highest BCUT2D eigenvalue weighted by atomic mass is 32.2. The normalized spacial score (nSPS) is 14.3. The average molecular weight is 766 g/mol. The smallest absolute Gasteiger partial charge is 0.267 e. The van der Waals surface area contributed by atoms with Gasteiger partial charge in [-0.05, 0) is 64.2 Å². The molecule has 0 aromatic heterocycles. The van der Waals surface area contributed by atoms with Gasteiger partial charge in [0.15, 0.2) is 0 Å². The Morgan fingerprint density at radius 2 is 0.906 bits per heavy atom. The number of aliphatic hydroxyl groups is 2. The second kappa shape index (κ2) is 38.5. The fourth-order valence-corrected chi connectivity index (χ4v) is 7.18. The minimum Gasteiger partial charge on any atom is -0.387 e. The molecule has 0 spiro atoms. The fourth-order valence-electron chi connectivity index (χ4n) is 6.44. The molecular formula is C45H83NO6S. The van der Waals surface area contributed by atoms with E-state index in [4.69, 9.17) is 0 Å². The second-order valence-electron chi connectivity index (χ2n) is 15.1. The summed E-state index contributed by atoms with van der Waals surface area (Å²) in [6.07, 6.45) is 48.8. The van der Waals surface area contributed by atoms with Crippen LogP contribution in [0.4, 0.5) is 0 Å². The molecule has 0 radical (unpaired) electrons. The predicted molar refractivity (Wildman–Crippen MR) is 227 cm³/mol. The first kappa shape index (κ1) is 51.3. The molecule has 53 heavy (non-hydrogen) atoms. The molecule has 0 fully saturated rings. The summed E-state index contributed by atoms with van der Waals surface area (Å²) in [6.45, 7) is 4.49. The number of hydrogen-bond donors (Lipinski definition) is 4. The maximum Gasteiger partial charge on any atom is 0.267 e. The molecule has 0 aliphatic carbocycles. The first-order valence-electron chi connectivity index (χ1n) is 21.9. The molecule has 3 atom stereocenters. The zero-order chi connectivity index (χ0) is 39.1. The quantitative estimate of drug-likeness (QED) is 0.0281. The molecular weight excluding hydrogens is 683 g/mol. The highest BCUT2D eigenvalue weighted by Gasteiger charge is 2.27. The number of allylic oxidation sites excluding steroid dienone is 7. The third-order valence-corrected chi connectivity index (χ3v) is 10.6. The van der Waals surface area contributed by atoms with Crippen molar-refractivity contribution in [3.8, 4) is 0 Å². The van der Waals surface area contributed by atoms with Crippen molar-refractivity contribution < 1.29 is 28.0 Å². The number of nitrogens with one attached hydrogen (secondary N) is 1. The Hall–Kier alpha value is -1.74. The molecule has 0 bridgehead atoms. The van der Waals surface area contributed by atoms with E-state index in [1.807, 2.05) is 0 Å². The van der Waals surface area contributed by atoms with E-state index in [-0.39, 0.29) is 6.42 Å². The van der Waals surface area contributed by atoms with Gasteiger partial charge in [0.2, 0.25) is 5.91 Å². The van der Waals surface area contributed by atoms with E-state index in [1.165, 1.54) is 122 Å². The second-order valence-corrected chi connectivity index (χ2v) is 16.6. The highest BCUT2D eigenvalue weighted by Crippen LogP contribution is 2.14. The maximum absolute atomic E-state index is 12.6. The van der Waals surface area contributed by atoms with Crippen molar-refractivity contribution in [3.05, 3.63) is 48.6 Å². The number of unbranched alkanes of at least 4 members (excludes halogenated alkanes) is 24. The number of carbonyl (C=O) groups is 1. The maximum atomic E-state index is 12.6. The number of hydrogen-bond acceptors (Lipinski definition) is 5. The largest absolute Gasteiger partial charge is 0.387 e. The van der Waals surface area contributed by atoms with Gasteiger partial charge in [-0.15, -0.1) is 0 Å². The molecule has 0 rings (SSSR count). The lowest BCUT2D eigenvalue weighted by atomic mass is 10.0. The van der Waals surface area contributed by atoms with E-state index < -0.39 is 40.0 Å². The van der Waals surface area contributed by atoms with Crippen LogP contribution in [0.5, 0.6) is 0 Å². The van der Waals surface area contributed by atoms with Gasteiger partial charge in [-0.3, -0.25) is 9.35 Å². The van der Waals surface area contributed by atoms with Crippen LogP contribution in [0.25, 0.3) is 0 Å². The summed E-state index contributed by atoms with van der Waals surface area (Å²) in [5.41, 5.74) is 0. The molecule has 7 nitrogen and oxygen atoms in total. The molecule has 0 saturated heterocycles. The van der Waals surface area contributed by atoms with E-state index in [9.17, 15) is 28.0 Å². The van der Waals surface area contributed by atoms with Crippen LogP contribution in [-0.4, -0.2) is 53.1 Å². The van der Waals surface area contributed by atoms with Gasteiger partial charge in [-0.1, -0.05) is 191 Å². The first-order valence-corrected chi connectivity index (χ1v) is 23.6. The summed E-state index contributed by atoms with van der Waals surface area (Å²) in [4.78, 5) is 12.6. The van der Waals surface area contributed by atoms with Gasteiger partial charge in [0.05, 0.1) is 17.9 Å². The van der Waals surface area contributed by atoms with E-state index in [1.54, 1.807) is 6.08 Å². The van der Waals surface area contributed by atoms with Crippen molar-refractivity contribution in [2.24, 2.45) is 0 Å². The summed E-state index contributed by atoms with van der Waals surface area (Å²) in [6, 6.07) is -1.25. The van der Waals surface area contributed by atoms with Crippen LogP contribution >= 0.6 is 0 Å². The van der Waals surface area contributed by atoms with Crippen LogP contribution in [0.15, 0.2) is 48.6 Å². The van der Waals surface area contributed by atoms with Crippen molar-refractivity contribution in [2.45, 2.75) is 225 Å². The van der Waals surface area contributed by atoms with E-state index >= 15 is 0 Å². The number of carbonyl (C=O) groups excluding carboxylic acids is 1. The third-order valence-electron chi connectivity index (χ3n) is 9.84. The van der Waals surface area contributed by atoms with Crippen molar-refractivity contribution in [3.63, 3.8) is 0 Å². The molecule has 0 saturated carbocycles. The minimum absolute atomic E-state index is 0.261. The molecule has 310 valence electrons. The summed E-state index contributed by atoms with van der Waals surface area (Å²) in [5, 5.41) is 23.4. The Morgan fingerprint density at radius 3 is 1.40 bits per heavy atom. The van der Waals surface area contributed by atoms with Gasteiger partial charge >= 0.3 is 0 Å². The van der Waals surface area contributed by atoms with Gasteiger partial charge in [0, 0.05) is 0 Å². The zero-order valence-electron chi connectivity index (χ0n) is 34.2. The Morgan fingerprint density at radius 1 is 0.528 bits per heavy atom. The molecule has 0 aliphatic heterocycles. The Bertz CT molecular complexity index is 1040. The van der Waals surface area contributed by atoms with E-state index in [2.05, 4.69) is 55.6 Å².